The van der Waals surface area contributed by atoms with Crippen molar-refractivity contribution in [3.05, 3.63) is 63.8 Å². The van der Waals surface area contributed by atoms with Gasteiger partial charge in [0.1, 0.15) is 6.54 Å². The lowest BCUT2D eigenvalue weighted by Gasteiger charge is -2.05. The Labute approximate surface area is 152 Å². The van der Waals surface area contributed by atoms with Crippen LogP contribution in [0.15, 0.2) is 55.6 Å². The molecule has 0 unspecified atom stereocenters. The van der Waals surface area contributed by atoms with E-state index in [0.29, 0.717) is 11.4 Å². The maximum atomic E-state index is 12.6. The Morgan fingerprint density at radius 2 is 1.85 bits per heavy atom. The average Bonchev–Trinajstić information content (AvgIpc) is 3.37. The number of thiophene rings is 1. The van der Waals surface area contributed by atoms with Gasteiger partial charge in [0.25, 0.3) is 0 Å². The Morgan fingerprint density at radius 3 is 2.52 bits per heavy atom. The van der Waals surface area contributed by atoms with Gasteiger partial charge in [0.15, 0.2) is 5.82 Å². The van der Waals surface area contributed by atoms with Gasteiger partial charge in [-0.05, 0) is 23.6 Å². The number of aromatic nitrogens is 4. The molecule has 0 bridgehead atoms. The molecule has 4 aromatic rings. The minimum absolute atomic E-state index is 0.0802. The van der Waals surface area contributed by atoms with Crippen molar-refractivity contribution < 1.29 is 22.2 Å². The summed E-state index contributed by atoms with van der Waals surface area (Å²) >= 11 is 1.38. The zero-order chi connectivity index (χ0) is 19.0. The summed E-state index contributed by atoms with van der Waals surface area (Å²) in [4.78, 5) is 16.7. The highest BCUT2D eigenvalue weighted by molar-refractivity contribution is 7.13. The summed E-state index contributed by atoms with van der Waals surface area (Å²) in [5, 5.41) is 9.32. The van der Waals surface area contributed by atoms with Gasteiger partial charge < -0.3 is 4.52 Å². The molecular weight excluding hydrogens is 385 g/mol. The van der Waals surface area contributed by atoms with E-state index in [0.717, 1.165) is 17.0 Å². The summed E-state index contributed by atoms with van der Waals surface area (Å²) in [5.74, 6) is -0.161. The molecule has 7 nitrogen and oxygen atoms in total. The maximum absolute atomic E-state index is 12.6. The standard InChI is InChI=1S/C16H9F3N4O3S/c17-16(18,19)10-5-3-9(4-6-10)13-20-12(25-21-13)8-23-14(22-26-15(23)24)11-2-1-7-27-11/h1-7H,8H2. The molecular formula is C16H9F3N4O3S. The highest BCUT2D eigenvalue weighted by Crippen LogP contribution is 2.30. The quantitative estimate of drug-likeness (QED) is 0.525. The Kier molecular flexibility index (Phi) is 4.15. The van der Waals surface area contributed by atoms with Crippen molar-refractivity contribution in [2.75, 3.05) is 0 Å². The number of rotatable bonds is 4. The van der Waals surface area contributed by atoms with Gasteiger partial charge in [0.05, 0.1) is 10.4 Å². The predicted octanol–water partition coefficient (Wildman–Crippen LogP) is 3.68. The van der Waals surface area contributed by atoms with Crippen molar-refractivity contribution >= 4 is 11.3 Å². The van der Waals surface area contributed by atoms with Gasteiger partial charge in [-0.1, -0.05) is 28.5 Å². The number of hydrogen-bond acceptors (Lipinski definition) is 7. The first-order chi connectivity index (χ1) is 12.9. The SMILES string of the molecule is O=c1onc(-c2cccs2)n1Cc1nc(-c2ccc(C(F)(F)F)cc2)no1. The molecule has 1 aromatic carbocycles. The zero-order valence-electron chi connectivity index (χ0n) is 13.3. The van der Waals surface area contributed by atoms with Crippen molar-refractivity contribution in [1.29, 1.82) is 0 Å². The summed E-state index contributed by atoms with van der Waals surface area (Å²) in [6, 6.07) is 7.95. The molecule has 3 aromatic heterocycles. The van der Waals surface area contributed by atoms with E-state index < -0.39 is 17.5 Å². The molecule has 0 saturated carbocycles. The van der Waals surface area contributed by atoms with Crippen LogP contribution in [-0.4, -0.2) is 19.9 Å². The molecule has 138 valence electrons. The zero-order valence-corrected chi connectivity index (χ0v) is 14.1. The predicted molar refractivity (Wildman–Crippen MR) is 87.9 cm³/mol. The second-order valence-electron chi connectivity index (χ2n) is 5.42. The van der Waals surface area contributed by atoms with Gasteiger partial charge in [-0.25, -0.2) is 9.36 Å². The summed E-state index contributed by atoms with van der Waals surface area (Å²) < 4.78 is 48.9. The average molecular weight is 394 g/mol. The van der Waals surface area contributed by atoms with Gasteiger partial charge in [-0.15, -0.1) is 11.3 Å². The smallest absolute Gasteiger partial charge is 0.337 e. The van der Waals surface area contributed by atoms with Gasteiger partial charge in [0.2, 0.25) is 11.7 Å². The topological polar surface area (TPSA) is 87.0 Å². The molecule has 0 aliphatic rings. The summed E-state index contributed by atoms with van der Waals surface area (Å²) in [7, 11) is 0. The van der Waals surface area contributed by atoms with Crippen LogP contribution < -0.4 is 5.76 Å². The third kappa shape index (κ3) is 3.40. The van der Waals surface area contributed by atoms with Crippen LogP contribution in [0.5, 0.6) is 0 Å². The lowest BCUT2D eigenvalue weighted by atomic mass is 10.1. The van der Waals surface area contributed by atoms with Crippen LogP contribution in [0, 0.1) is 0 Å². The Morgan fingerprint density at radius 1 is 1.07 bits per heavy atom. The van der Waals surface area contributed by atoms with Crippen molar-refractivity contribution in [2.24, 2.45) is 0 Å². The third-order valence-electron chi connectivity index (χ3n) is 3.66. The van der Waals surface area contributed by atoms with E-state index in [9.17, 15) is 18.0 Å². The minimum Gasteiger partial charge on any atom is -0.337 e. The van der Waals surface area contributed by atoms with Gasteiger partial charge in [-0.3, -0.25) is 4.52 Å². The Bertz CT molecular complexity index is 1110. The number of benzene rings is 1. The molecule has 0 aliphatic heterocycles. The van der Waals surface area contributed by atoms with E-state index in [2.05, 4.69) is 15.3 Å². The molecule has 0 atom stereocenters. The second kappa shape index (κ2) is 6.50. The number of alkyl halides is 3. The fourth-order valence-corrected chi connectivity index (χ4v) is 3.08. The summed E-state index contributed by atoms with van der Waals surface area (Å²) in [6.07, 6.45) is -4.42. The van der Waals surface area contributed by atoms with Crippen LogP contribution in [0.4, 0.5) is 13.2 Å². The van der Waals surface area contributed by atoms with Crippen LogP contribution >= 0.6 is 11.3 Å². The lowest BCUT2D eigenvalue weighted by molar-refractivity contribution is -0.137. The summed E-state index contributed by atoms with van der Waals surface area (Å²) in [5.41, 5.74) is -0.416. The third-order valence-corrected chi connectivity index (χ3v) is 4.53. The summed E-state index contributed by atoms with van der Waals surface area (Å²) in [6.45, 7) is -0.0802. The Balaban J connectivity index is 1.60. The normalized spacial score (nSPS) is 11.8. The Hall–Kier alpha value is -3.21. The van der Waals surface area contributed by atoms with E-state index in [1.165, 1.54) is 28.0 Å². The number of halogens is 3. The number of hydrogen-bond donors (Lipinski definition) is 0. The molecule has 0 amide bonds. The van der Waals surface area contributed by atoms with E-state index in [4.69, 9.17) is 9.05 Å². The maximum Gasteiger partial charge on any atom is 0.442 e. The molecule has 0 saturated heterocycles. The molecule has 27 heavy (non-hydrogen) atoms. The van der Waals surface area contributed by atoms with Gasteiger partial charge in [0, 0.05) is 5.56 Å². The van der Waals surface area contributed by atoms with Crippen LogP contribution in [0.3, 0.4) is 0 Å². The minimum atomic E-state index is -4.42. The molecule has 0 N–H and O–H groups in total. The first-order valence-corrected chi connectivity index (χ1v) is 8.40. The van der Waals surface area contributed by atoms with E-state index in [-0.39, 0.29) is 18.3 Å². The van der Waals surface area contributed by atoms with Crippen LogP contribution in [-0.2, 0) is 12.7 Å². The molecule has 0 aliphatic carbocycles. The highest BCUT2D eigenvalue weighted by atomic mass is 32.1. The second-order valence-corrected chi connectivity index (χ2v) is 6.37. The number of nitrogens with zero attached hydrogens (tertiary/aromatic N) is 4. The van der Waals surface area contributed by atoms with Gasteiger partial charge in [-0.2, -0.15) is 18.2 Å². The van der Waals surface area contributed by atoms with Crippen molar-refractivity contribution in [2.45, 2.75) is 12.7 Å². The van der Waals surface area contributed by atoms with Gasteiger partial charge >= 0.3 is 11.9 Å². The van der Waals surface area contributed by atoms with E-state index >= 15 is 0 Å². The molecule has 0 spiro atoms. The fourth-order valence-electron chi connectivity index (χ4n) is 2.37. The van der Waals surface area contributed by atoms with Crippen LogP contribution in [0.2, 0.25) is 0 Å². The van der Waals surface area contributed by atoms with Crippen molar-refractivity contribution in [1.82, 2.24) is 19.9 Å². The molecule has 11 heteroatoms. The van der Waals surface area contributed by atoms with Crippen LogP contribution in [0.1, 0.15) is 11.5 Å². The monoisotopic (exact) mass is 394 g/mol. The molecule has 0 fully saturated rings. The molecule has 4 rings (SSSR count). The fraction of sp³-hybridized carbons (Fsp3) is 0.125. The lowest BCUT2D eigenvalue weighted by Crippen LogP contribution is -2.16. The molecule has 3 heterocycles. The van der Waals surface area contributed by atoms with Crippen molar-refractivity contribution in [3.8, 4) is 22.1 Å². The largest absolute Gasteiger partial charge is 0.442 e. The van der Waals surface area contributed by atoms with E-state index in [1.54, 1.807) is 12.1 Å². The van der Waals surface area contributed by atoms with E-state index in [1.807, 2.05) is 5.38 Å². The highest BCUT2D eigenvalue weighted by Gasteiger charge is 2.30. The first kappa shape index (κ1) is 17.2. The first-order valence-electron chi connectivity index (χ1n) is 7.52. The molecule has 0 radical (unpaired) electrons. The van der Waals surface area contributed by atoms with Crippen LogP contribution in [0.25, 0.3) is 22.1 Å². The van der Waals surface area contributed by atoms with Crippen molar-refractivity contribution in [3.63, 3.8) is 0 Å².